The quantitative estimate of drug-likeness (QED) is 0.637. The van der Waals surface area contributed by atoms with Crippen molar-refractivity contribution >= 4 is 11.8 Å². The van der Waals surface area contributed by atoms with Crippen LogP contribution in [0, 0.1) is 5.41 Å². The molecule has 4 heterocycles. The van der Waals surface area contributed by atoms with Crippen LogP contribution in [0.1, 0.15) is 38.5 Å². The summed E-state index contributed by atoms with van der Waals surface area (Å²) in [7, 11) is 0. The monoisotopic (exact) mass is 400 g/mol. The van der Waals surface area contributed by atoms with E-state index in [9.17, 15) is 9.59 Å². The first-order valence-electron chi connectivity index (χ1n) is 11.3. The van der Waals surface area contributed by atoms with Crippen LogP contribution in [0.2, 0.25) is 0 Å². The summed E-state index contributed by atoms with van der Waals surface area (Å²) in [5.74, 6) is 0.557. The molecule has 4 rings (SSSR count). The third kappa shape index (κ3) is 4.02. The third-order valence-corrected chi connectivity index (χ3v) is 7.50. The van der Waals surface area contributed by atoms with Gasteiger partial charge in [0.1, 0.15) is 0 Å². The molecule has 6 nitrogen and oxygen atoms in total. The molecule has 2 atom stereocenters. The van der Waals surface area contributed by atoms with Gasteiger partial charge in [-0.3, -0.25) is 19.4 Å². The molecule has 4 aliphatic heterocycles. The van der Waals surface area contributed by atoms with E-state index in [0.717, 1.165) is 65.0 Å². The second-order valence-electron chi connectivity index (χ2n) is 9.40. The molecule has 4 fully saturated rings. The first-order chi connectivity index (χ1) is 14.1. The zero-order valence-corrected chi connectivity index (χ0v) is 17.7. The van der Waals surface area contributed by atoms with Crippen molar-refractivity contribution in [2.45, 2.75) is 50.6 Å². The molecule has 0 saturated carbocycles. The van der Waals surface area contributed by atoms with Crippen molar-refractivity contribution in [3.63, 3.8) is 0 Å². The van der Waals surface area contributed by atoms with Crippen LogP contribution in [0.15, 0.2) is 25.3 Å². The van der Waals surface area contributed by atoms with Crippen molar-refractivity contribution in [3.05, 3.63) is 25.3 Å². The first-order valence-corrected chi connectivity index (χ1v) is 11.3. The topological polar surface area (TPSA) is 47.1 Å². The summed E-state index contributed by atoms with van der Waals surface area (Å²) in [5.41, 5.74) is 0.231. The average Bonchev–Trinajstić information content (AvgIpc) is 3.26. The van der Waals surface area contributed by atoms with Gasteiger partial charge in [-0.25, -0.2) is 0 Å². The van der Waals surface area contributed by atoms with E-state index >= 15 is 0 Å². The molecule has 4 aliphatic rings. The van der Waals surface area contributed by atoms with Crippen molar-refractivity contribution in [3.8, 4) is 0 Å². The van der Waals surface area contributed by atoms with E-state index in [2.05, 4.69) is 23.0 Å². The summed E-state index contributed by atoms with van der Waals surface area (Å²) in [4.78, 5) is 34.5. The van der Waals surface area contributed by atoms with Crippen LogP contribution in [-0.2, 0) is 9.59 Å². The van der Waals surface area contributed by atoms with E-state index in [1.165, 1.54) is 12.8 Å². The van der Waals surface area contributed by atoms with Crippen molar-refractivity contribution in [2.75, 3.05) is 52.4 Å². The zero-order valence-electron chi connectivity index (χ0n) is 17.7. The normalized spacial score (nSPS) is 34.3. The van der Waals surface area contributed by atoms with Gasteiger partial charge < -0.3 is 9.80 Å². The lowest BCUT2D eigenvalue weighted by Crippen LogP contribution is -2.58. The lowest BCUT2D eigenvalue weighted by Gasteiger charge is -2.50. The SMILES string of the molecule is C=CCN1CCC(N2CCCC3(CCCN(C4CCN(CC=C)C4=O)C3)C2)C1=O. The highest BCUT2D eigenvalue weighted by Crippen LogP contribution is 2.41. The molecule has 0 aromatic carbocycles. The smallest absolute Gasteiger partial charge is 0.240 e. The number of hydrogen-bond acceptors (Lipinski definition) is 4. The fourth-order valence-electron chi connectivity index (χ4n) is 6.15. The van der Waals surface area contributed by atoms with Crippen molar-refractivity contribution < 1.29 is 9.59 Å². The Balaban J connectivity index is 1.41. The van der Waals surface area contributed by atoms with E-state index in [1.807, 2.05) is 22.0 Å². The molecular formula is C23H36N4O2. The maximum Gasteiger partial charge on any atom is 0.240 e. The van der Waals surface area contributed by atoms with Gasteiger partial charge in [0, 0.05) is 39.3 Å². The van der Waals surface area contributed by atoms with Crippen LogP contribution in [0.4, 0.5) is 0 Å². The van der Waals surface area contributed by atoms with Gasteiger partial charge in [-0.15, -0.1) is 13.2 Å². The minimum Gasteiger partial charge on any atom is -0.338 e. The van der Waals surface area contributed by atoms with E-state index in [0.29, 0.717) is 13.1 Å². The maximum atomic E-state index is 12.8. The van der Waals surface area contributed by atoms with Crippen LogP contribution in [0.3, 0.4) is 0 Å². The second-order valence-corrected chi connectivity index (χ2v) is 9.40. The fraction of sp³-hybridized carbons (Fsp3) is 0.739. The molecule has 0 aromatic heterocycles. The Kier molecular flexibility index (Phi) is 6.11. The molecule has 6 heteroatoms. The molecule has 4 saturated heterocycles. The number of carbonyl (C=O) groups is 2. The molecule has 1 spiro atoms. The molecule has 0 N–H and O–H groups in total. The van der Waals surface area contributed by atoms with Gasteiger partial charge in [0.25, 0.3) is 0 Å². The highest BCUT2D eigenvalue weighted by atomic mass is 16.2. The predicted octanol–water partition coefficient (Wildman–Crippen LogP) is 1.74. The van der Waals surface area contributed by atoms with Crippen LogP contribution >= 0.6 is 0 Å². The standard InChI is InChI=1S/C23H36N4O2/c1-3-11-24-15-7-19(21(24)28)26-13-5-9-23(17-26)10-6-14-27(18-23)20-8-16-25(12-4-2)22(20)29/h3-4,19-20H,1-2,5-18H2. The zero-order chi connectivity index (χ0) is 20.4. The molecular weight excluding hydrogens is 364 g/mol. The Morgan fingerprint density at radius 2 is 1.24 bits per heavy atom. The van der Waals surface area contributed by atoms with Crippen LogP contribution in [0.5, 0.6) is 0 Å². The van der Waals surface area contributed by atoms with Crippen LogP contribution < -0.4 is 0 Å². The Morgan fingerprint density at radius 3 is 1.66 bits per heavy atom. The number of likely N-dealkylation sites (tertiary alicyclic amines) is 4. The number of rotatable bonds is 6. The van der Waals surface area contributed by atoms with Gasteiger partial charge in [0.2, 0.25) is 11.8 Å². The summed E-state index contributed by atoms with van der Waals surface area (Å²) >= 11 is 0. The summed E-state index contributed by atoms with van der Waals surface area (Å²) in [6.07, 6.45) is 10.3. The molecule has 0 bridgehead atoms. The average molecular weight is 401 g/mol. The third-order valence-electron chi connectivity index (χ3n) is 7.50. The van der Waals surface area contributed by atoms with E-state index in [-0.39, 0.29) is 29.3 Å². The van der Waals surface area contributed by atoms with Crippen molar-refractivity contribution in [1.29, 1.82) is 0 Å². The van der Waals surface area contributed by atoms with Gasteiger partial charge in [0.05, 0.1) is 12.1 Å². The van der Waals surface area contributed by atoms with Crippen LogP contribution in [0.25, 0.3) is 0 Å². The first kappa shape index (κ1) is 20.6. The molecule has 2 amide bonds. The molecule has 0 aromatic rings. The minimum atomic E-state index is 0.0405. The number of hydrogen-bond donors (Lipinski definition) is 0. The molecule has 0 aliphatic carbocycles. The van der Waals surface area contributed by atoms with Gasteiger partial charge >= 0.3 is 0 Å². The minimum absolute atomic E-state index is 0.0405. The Morgan fingerprint density at radius 1 is 0.793 bits per heavy atom. The largest absolute Gasteiger partial charge is 0.338 e. The van der Waals surface area contributed by atoms with Gasteiger partial charge in [-0.2, -0.15) is 0 Å². The molecule has 160 valence electrons. The van der Waals surface area contributed by atoms with E-state index in [4.69, 9.17) is 0 Å². The predicted molar refractivity (Wildman–Crippen MR) is 114 cm³/mol. The van der Waals surface area contributed by atoms with E-state index < -0.39 is 0 Å². The van der Waals surface area contributed by atoms with Gasteiger partial charge in [-0.05, 0) is 57.0 Å². The summed E-state index contributed by atoms with van der Waals surface area (Å²) in [5, 5.41) is 0. The molecule has 29 heavy (non-hydrogen) atoms. The molecule has 0 radical (unpaired) electrons. The number of amides is 2. The van der Waals surface area contributed by atoms with Gasteiger partial charge in [-0.1, -0.05) is 12.2 Å². The number of carbonyl (C=O) groups excluding carboxylic acids is 2. The summed E-state index contributed by atoms with van der Waals surface area (Å²) in [6, 6.07) is 0.0809. The van der Waals surface area contributed by atoms with Crippen molar-refractivity contribution in [1.82, 2.24) is 19.6 Å². The Bertz CT molecular complexity index is 607. The Hall–Kier alpha value is -1.66. The number of nitrogens with zero attached hydrogens (tertiary/aromatic N) is 4. The molecule has 2 unspecified atom stereocenters. The number of piperidine rings is 2. The maximum absolute atomic E-state index is 12.8. The Labute approximate surface area is 175 Å². The summed E-state index contributed by atoms with van der Waals surface area (Å²) < 4.78 is 0. The second kappa shape index (κ2) is 8.60. The highest BCUT2D eigenvalue weighted by molar-refractivity contribution is 5.84. The highest BCUT2D eigenvalue weighted by Gasteiger charge is 2.46. The lowest BCUT2D eigenvalue weighted by atomic mass is 9.73. The van der Waals surface area contributed by atoms with E-state index in [1.54, 1.807) is 0 Å². The fourth-order valence-corrected chi connectivity index (χ4v) is 6.15. The summed E-state index contributed by atoms with van der Waals surface area (Å²) in [6.45, 7) is 14.6. The van der Waals surface area contributed by atoms with Gasteiger partial charge in [0.15, 0.2) is 0 Å². The van der Waals surface area contributed by atoms with Crippen LogP contribution in [-0.4, -0.2) is 95.9 Å². The van der Waals surface area contributed by atoms with Crippen molar-refractivity contribution in [2.24, 2.45) is 5.41 Å². The lowest BCUT2D eigenvalue weighted by molar-refractivity contribution is -0.134.